The van der Waals surface area contributed by atoms with Gasteiger partial charge in [-0.2, -0.15) is 0 Å². The van der Waals surface area contributed by atoms with Crippen LogP contribution in [-0.2, 0) is 11.2 Å². The molecule has 0 aliphatic carbocycles. The molecule has 0 unspecified atom stereocenters. The standard InChI is InChI=1S/C22H30N4O2.HI/c1-16-12-17(2)14-19(13-16)8-9-24-22(23-4)25-10-11-28-21-7-5-6-20(15-21)26-18(3)27;/h5-7,12-15H,8-11H2,1-4H3,(H,26,27)(H2,23,24,25);1H. The SMILES string of the molecule is CN=C(NCCOc1cccc(NC(C)=O)c1)NCCc1cc(C)cc(C)c1.I. The molecule has 2 aromatic rings. The van der Waals surface area contributed by atoms with Gasteiger partial charge in [0, 0.05) is 32.3 Å². The molecule has 2 rings (SSSR count). The second kappa shape index (κ2) is 13.0. The van der Waals surface area contributed by atoms with Gasteiger partial charge in [-0.05, 0) is 38.0 Å². The van der Waals surface area contributed by atoms with E-state index in [1.807, 2.05) is 18.2 Å². The van der Waals surface area contributed by atoms with Gasteiger partial charge in [-0.3, -0.25) is 9.79 Å². The number of carbonyl (C=O) groups is 1. The Morgan fingerprint density at radius 1 is 1.03 bits per heavy atom. The number of anilines is 1. The van der Waals surface area contributed by atoms with Crippen LogP contribution in [0, 0.1) is 13.8 Å². The Kier molecular flexibility index (Phi) is 11.1. The van der Waals surface area contributed by atoms with Crippen LogP contribution >= 0.6 is 24.0 Å². The molecule has 2 aromatic carbocycles. The van der Waals surface area contributed by atoms with Crippen LogP contribution in [-0.4, -0.2) is 38.6 Å². The molecule has 0 radical (unpaired) electrons. The summed E-state index contributed by atoms with van der Waals surface area (Å²) in [5.74, 6) is 1.36. The number of halogens is 1. The van der Waals surface area contributed by atoms with Crippen molar-refractivity contribution in [3.8, 4) is 5.75 Å². The van der Waals surface area contributed by atoms with E-state index in [2.05, 4.69) is 53.0 Å². The zero-order valence-corrected chi connectivity index (χ0v) is 19.9. The zero-order valence-electron chi connectivity index (χ0n) is 17.5. The van der Waals surface area contributed by atoms with Crippen LogP contribution in [0.5, 0.6) is 5.75 Å². The maximum Gasteiger partial charge on any atom is 0.221 e. The molecular formula is C22H31IN4O2. The van der Waals surface area contributed by atoms with Crippen molar-refractivity contribution in [2.24, 2.45) is 4.99 Å². The molecule has 6 nitrogen and oxygen atoms in total. The predicted octanol–water partition coefficient (Wildman–Crippen LogP) is 3.67. The highest BCUT2D eigenvalue weighted by Gasteiger charge is 2.01. The van der Waals surface area contributed by atoms with Gasteiger partial charge in [0.25, 0.3) is 0 Å². The van der Waals surface area contributed by atoms with Gasteiger partial charge in [-0.1, -0.05) is 35.4 Å². The third-order valence-electron chi connectivity index (χ3n) is 4.03. The number of carbonyl (C=O) groups excluding carboxylic acids is 1. The Bertz CT molecular complexity index is 804. The average molecular weight is 510 g/mol. The number of guanidine groups is 1. The minimum atomic E-state index is -0.102. The van der Waals surface area contributed by atoms with E-state index >= 15 is 0 Å². The largest absolute Gasteiger partial charge is 0.492 e. The second-order valence-corrected chi connectivity index (χ2v) is 6.73. The van der Waals surface area contributed by atoms with E-state index in [0.717, 1.165) is 24.6 Å². The van der Waals surface area contributed by atoms with E-state index in [1.165, 1.54) is 23.6 Å². The molecule has 3 N–H and O–H groups in total. The van der Waals surface area contributed by atoms with Crippen LogP contribution in [0.2, 0.25) is 0 Å². The highest BCUT2D eigenvalue weighted by atomic mass is 127. The minimum absolute atomic E-state index is 0. The molecule has 158 valence electrons. The molecule has 0 atom stereocenters. The number of amides is 1. The van der Waals surface area contributed by atoms with Gasteiger partial charge < -0.3 is 20.7 Å². The Morgan fingerprint density at radius 2 is 1.72 bits per heavy atom. The molecule has 0 saturated carbocycles. The summed E-state index contributed by atoms with van der Waals surface area (Å²) in [4.78, 5) is 15.4. The normalized spacial score (nSPS) is 10.7. The van der Waals surface area contributed by atoms with Crippen LogP contribution in [0.3, 0.4) is 0 Å². The maximum absolute atomic E-state index is 11.1. The van der Waals surface area contributed by atoms with Gasteiger partial charge in [0.15, 0.2) is 5.96 Å². The lowest BCUT2D eigenvalue weighted by Gasteiger charge is -2.13. The molecule has 0 saturated heterocycles. The van der Waals surface area contributed by atoms with E-state index in [0.29, 0.717) is 18.9 Å². The Balaban J connectivity index is 0.00000420. The molecule has 0 aliphatic heterocycles. The first-order valence-electron chi connectivity index (χ1n) is 9.48. The fourth-order valence-electron chi connectivity index (χ4n) is 2.96. The molecule has 29 heavy (non-hydrogen) atoms. The summed E-state index contributed by atoms with van der Waals surface area (Å²) in [5.41, 5.74) is 4.62. The van der Waals surface area contributed by atoms with Gasteiger partial charge in [-0.25, -0.2) is 0 Å². The first-order valence-corrected chi connectivity index (χ1v) is 9.48. The van der Waals surface area contributed by atoms with Gasteiger partial charge in [-0.15, -0.1) is 24.0 Å². The number of hydrogen-bond acceptors (Lipinski definition) is 3. The zero-order chi connectivity index (χ0) is 20.4. The van der Waals surface area contributed by atoms with E-state index in [9.17, 15) is 4.79 Å². The molecule has 0 spiro atoms. The lowest BCUT2D eigenvalue weighted by Crippen LogP contribution is -2.40. The summed E-state index contributed by atoms with van der Waals surface area (Å²) < 4.78 is 5.73. The Morgan fingerprint density at radius 3 is 2.38 bits per heavy atom. The van der Waals surface area contributed by atoms with Crippen molar-refractivity contribution in [1.29, 1.82) is 0 Å². The third-order valence-corrected chi connectivity index (χ3v) is 4.03. The summed E-state index contributed by atoms with van der Waals surface area (Å²) in [5, 5.41) is 9.30. The van der Waals surface area contributed by atoms with Crippen molar-refractivity contribution in [2.45, 2.75) is 27.2 Å². The first kappa shape index (κ1) is 24.7. The minimum Gasteiger partial charge on any atom is -0.492 e. The highest BCUT2D eigenvalue weighted by Crippen LogP contribution is 2.17. The number of aryl methyl sites for hydroxylation is 2. The predicted molar refractivity (Wildman–Crippen MR) is 131 cm³/mol. The van der Waals surface area contributed by atoms with Gasteiger partial charge in [0.05, 0.1) is 6.54 Å². The fourth-order valence-corrected chi connectivity index (χ4v) is 2.96. The Hall–Kier alpha value is -2.29. The summed E-state index contributed by atoms with van der Waals surface area (Å²) in [6.45, 7) is 7.64. The molecule has 0 bridgehead atoms. The molecule has 0 aliphatic rings. The lowest BCUT2D eigenvalue weighted by atomic mass is 10.1. The number of nitrogens with one attached hydrogen (secondary N) is 3. The lowest BCUT2D eigenvalue weighted by molar-refractivity contribution is -0.114. The quantitative estimate of drug-likeness (QED) is 0.219. The maximum atomic E-state index is 11.1. The first-order chi connectivity index (χ1) is 13.5. The molecule has 0 aromatic heterocycles. The van der Waals surface area contributed by atoms with Crippen molar-refractivity contribution in [1.82, 2.24) is 10.6 Å². The van der Waals surface area contributed by atoms with Crippen molar-refractivity contribution in [3.63, 3.8) is 0 Å². The molecule has 0 heterocycles. The Labute approximate surface area is 190 Å². The van der Waals surface area contributed by atoms with Gasteiger partial charge in [0.1, 0.15) is 12.4 Å². The van der Waals surface area contributed by atoms with Crippen LogP contribution in [0.4, 0.5) is 5.69 Å². The fraction of sp³-hybridized carbons (Fsp3) is 0.364. The second-order valence-electron chi connectivity index (χ2n) is 6.73. The average Bonchev–Trinajstić information content (AvgIpc) is 2.62. The van der Waals surface area contributed by atoms with Crippen LogP contribution < -0.4 is 20.7 Å². The highest BCUT2D eigenvalue weighted by molar-refractivity contribution is 14.0. The third kappa shape index (κ3) is 9.65. The number of hydrogen-bond donors (Lipinski definition) is 3. The number of ether oxygens (including phenoxy) is 1. The monoisotopic (exact) mass is 510 g/mol. The summed E-state index contributed by atoms with van der Waals surface area (Å²) in [6, 6.07) is 14.0. The molecular weight excluding hydrogens is 479 g/mol. The van der Waals surface area contributed by atoms with Crippen LogP contribution in [0.1, 0.15) is 23.6 Å². The van der Waals surface area contributed by atoms with Crippen molar-refractivity contribution >= 4 is 41.5 Å². The van der Waals surface area contributed by atoms with E-state index < -0.39 is 0 Å². The molecule has 0 fully saturated rings. The number of nitrogens with zero attached hydrogens (tertiary/aromatic N) is 1. The van der Waals surface area contributed by atoms with Crippen LogP contribution in [0.25, 0.3) is 0 Å². The summed E-state index contributed by atoms with van der Waals surface area (Å²) in [6.07, 6.45) is 0.940. The van der Waals surface area contributed by atoms with E-state index in [4.69, 9.17) is 4.74 Å². The number of rotatable bonds is 8. The van der Waals surface area contributed by atoms with Gasteiger partial charge in [0.2, 0.25) is 5.91 Å². The summed E-state index contributed by atoms with van der Waals surface area (Å²) in [7, 11) is 1.75. The van der Waals surface area contributed by atoms with Crippen molar-refractivity contribution in [3.05, 3.63) is 59.2 Å². The summed E-state index contributed by atoms with van der Waals surface area (Å²) >= 11 is 0. The molecule has 1 amide bonds. The van der Waals surface area contributed by atoms with Crippen molar-refractivity contribution in [2.75, 3.05) is 32.1 Å². The van der Waals surface area contributed by atoms with E-state index in [-0.39, 0.29) is 29.9 Å². The topological polar surface area (TPSA) is 74.8 Å². The van der Waals surface area contributed by atoms with Gasteiger partial charge >= 0.3 is 0 Å². The number of benzene rings is 2. The van der Waals surface area contributed by atoms with E-state index in [1.54, 1.807) is 13.1 Å². The van der Waals surface area contributed by atoms with Crippen LogP contribution in [0.15, 0.2) is 47.5 Å². The smallest absolute Gasteiger partial charge is 0.221 e. The number of aliphatic imine (C=N–C) groups is 1. The van der Waals surface area contributed by atoms with Crippen molar-refractivity contribution < 1.29 is 9.53 Å². The molecule has 7 heteroatoms.